The highest BCUT2D eigenvalue weighted by atomic mass is 16.6. The van der Waals surface area contributed by atoms with Crippen molar-refractivity contribution in [3.8, 4) is 23.0 Å². The average molecular weight is 531 g/mol. The molecule has 0 aromatic heterocycles. The fourth-order valence-corrected chi connectivity index (χ4v) is 4.95. The minimum atomic E-state index is -1.05. The van der Waals surface area contributed by atoms with Crippen LogP contribution in [0.1, 0.15) is 36.0 Å². The lowest BCUT2D eigenvalue weighted by molar-refractivity contribution is -0.118. The van der Waals surface area contributed by atoms with Gasteiger partial charge in [0.1, 0.15) is 30.8 Å². The number of aliphatic hydroxyl groups is 1. The smallest absolute Gasteiger partial charge is 0.249 e. The van der Waals surface area contributed by atoms with Gasteiger partial charge in [-0.1, -0.05) is 36.4 Å². The van der Waals surface area contributed by atoms with Gasteiger partial charge in [-0.15, -0.1) is 0 Å². The first-order valence-electron chi connectivity index (χ1n) is 13.3. The number of benzene rings is 3. The minimum absolute atomic E-state index is 0.0933. The molecule has 1 amide bonds. The summed E-state index contributed by atoms with van der Waals surface area (Å²) in [5.74, 6) is 2.68. The van der Waals surface area contributed by atoms with E-state index >= 15 is 0 Å². The SMILES string of the molecule is COc1ccc(OCCC(=O)/N=C(\CN2CC[C@H](c3ccccc3)C2)[C@H](O)c2ccc3c(c2)OCCO3)cc1. The quantitative estimate of drug-likeness (QED) is 0.388. The van der Waals surface area contributed by atoms with Crippen LogP contribution in [-0.4, -0.2) is 68.2 Å². The number of carbonyl (C=O) groups excluding carboxylic acids is 1. The molecule has 0 unspecified atom stereocenters. The number of amides is 1. The van der Waals surface area contributed by atoms with Crippen LogP contribution in [0.3, 0.4) is 0 Å². The molecular weight excluding hydrogens is 496 g/mol. The summed E-state index contributed by atoms with van der Waals surface area (Å²) in [6.45, 7) is 3.22. The van der Waals surface area contributed by atoms with E-state index in [4.69, 9.17) is 18.9 Å². The number of hydrogen-bond acceptors (Lipinski definition) is 7. The molecule has 0 saturated carbocycles. The molecule has 2 atom stereocenters. The van der Waals surface area contributed by atoms with Crippen LogP contribution in [0.5, 0.6) is 23.0 Å². The first kappa shape index (κ1) is 26.7. The molecule has 8 nitrogen and oxygen atoms in total. The molecule has 1 N–H and O–H groups in total. The summed E-state index contributed by atoms with van der Waals surface area (Å²) in [5, 5.41) is 11.4. The van der Waals surface area contributed by atoms with Crippen molar-refractivity contribution in [1.82, 2.24) is 4.90 Å². The van der Waals surface area contributed by atoms with Gasteiger partial charge in [-0.05, 0) is 66.4 Å². The van der Waals surface area contributed by atoms with Crippen LogP contribution in [-0.2, 0) is 4.79 Å². The largest absolute Gasteiger partial charge is 0.497 e. The van der Waals surface area contributed by atoms with Crippen molar-refractivity contribution in [2.75, 3.05) is 46.6 Å². The van der Waals surface area contributed by atoms with Crippen LogP contribution >= 0.6 is 0 Å². The normalized spacial score (nSPS) is 18.0. The van der Waals surface area contributed by atoms with Crippen LogP contribution in [0.25, 0.3) is 0 Å². The van der Waals surface area contributed by atoms with Gasteiger partial charge in [-0.2, -0.15) is 0 Å². The Morgan fingerprint density at radius 1 is 1.03 bits per heavy atom. The third-order valence-electron chi connectivity index (χ3n) is 7.04. The predicted molar refractivity (Wildman–Crippen MR) is 148 cm³/mol. The minimum Gasteiger partial charge on any atom is -0.497 e. The second-order valence-electron chi connectivity index (χ2n) is 9.71. The number of fused-ring (bicyclic) bond motifs is 1. The Morgan fingerprint density at radius 3 is 2.54 bits per heavy atom. The summed E-state index contributed by atoms with van der Waals surface area (Å²) >= 11 is 0. The summed E-state index contributed by atoms with van der Waals surface area (Å²) in [4.78, 5) is 19.6. The van der Waals surface area contributed by atoms with Crippen molar-refractivity contribution in [2.45, 2.75) is 24.9 Å². The molecule has 1 saturated heterocycles. The van der Waals surface area contributed by atoms with Gasteiger partial charge in [-0.25, -0.2) is 4.99 Å². The summed E-state index contributed by atoms with van der Waals surface area (Å²) in [7, 11) is 1.60. The zero-order valence-corrected chi connectivity index (χ0v) is 22.1. The van der Waals surface area contributed by atoms with Gasteiger partial charge >= 0.3 is 0 Å². The number of ether oxygens (including phenoxy) is 4. The Bertz CT molecular complexity index is 1280. The van der Waals surface area contributed by atoms with Crippen molar-refractivity contribution < 1.29 is 28.8 Å². The van der Waals surface area contributed by atoms with Gasteiger partial charge in [0.05, 0.1) is 25.8 Å². The molecule has 8 heteroatoms. The van der Waals surface area contributed by atoms with Crippen molar-refractivity contribution in [3.63, 3.8) is 0 Å². The van der Waals surface area contributed by atoms with E-state index in [1.54, 1.807) is 49.6 Å². The van der Waals surface area contributed by atoms with Crippen molar-refractivity contribution >= 4 is 11.6 Å². The molecule has 0 bridgehead atoms. The summed E-state index contributed by atoms with van der Waals surface area (Å²) < 4.78 is 22.2. The van der Waals surface area contributed by atoms with E-state index in [0.717, 1.165) is 25.3 Å². The maximum absolute atomic E-state index is 12.9. The van der Waals surface area contributed by atoms with E-state index in [2.05, 4.69) is 34.2 Å². The number of likely N-dealkylation sites (tertiary alicyclic amines) is 1. The molecule has 2 aliphatic heterocycles. The van der Waals surface area contributed by atoms with E-state index in [0.29, 0.717) is 54.2 Å². The van der Waals surface area contributed by atoms with Gasteiger partial charge in [0.25, 0.3) is 0 Å². The average Bonchev–Trinajstić information content (AvgIpc) is 3.45. The van der Waals surface area contributed by atoms with E-state index in [9.17, 15) is 9.90 Å². The Balaban J connectivity index is 1.28. The molecule has 3 aromatic rings. The fraction of sp³-hybridized carbons (Fsp3) is 0.355. The van der Waals surface area contributed by atoms with E-state index < -0.39 is 6.10 Å². The topological polar surface area (TPSA) is 89.8 Å². The van der Waals surface area contributed by atoms with Crippen LogP contribution in [0.4, 0.5) is 0 Å². The lowest BCUT2D eigenvalue weighted by Crippen LogP contribution is -2.32. The van der Waals surface area contributed by atoms with Gasteiger partial charge in [0.15, 0.2) is 11.5 Å². The Hall–Kier alpha value is -3.88. The zero-order valence-electron chi connectivity index (χ0n) is 22.1. The highest BCUT2D eigenvalue weighted by Gasteiger charge is 2.28. The highest BCUT2D eigenvalue weighted by Crippen LogP contribution is 2.34. The van der Waals surface area contributed by atoms with Gasteiger partial charge < -0.3 is 24.1 Å². The fourth-order valence-electron chi connectivity index (χ4n) is 4.95. The molecule has 204 valence electrons. The summed E-state index contributed by atoms with van der Waals surface area (Å²) in [6, 6.07) is 23.0. The second-order valence-corrected chi connectivity index (χ2v) is 9.71. The Labute approximate surface area is 228 Å². The van der Waals surface area contributed by atoms with Gasteiger partial charge in [-0.3, -0.25) is 9.69 Å². The first-order valence-corrected chi connectivity index (χ1v) is 13.3. The third kappa shape index (κ3) is 6.96. The number of methoxy groups -OCH3 is 1. The Kier molecular flexibility index (Phi) is 8.75. The molecule has 39 heavy (non-hydrogen) atoms. The third-order valence-corrected chi connectivity index (χ3v) is 7.04. The number of aliphatic hydroxyl groups excluding tert-OH is 1. The monoisotopic (exact) mass is 530 g/mol. The highest BCUT2D eigenvalue weighted by molar-refractivity contribution is 6.00. The number of aliphatic imine (C=N–C) groups is 1. The molecule has 5 rings (SSSR count). The molecule has 3 aromatic carbocycles. The molecule has 0 spiro atoms. The summed E-state index contributed by atoms with van der Waals surface area (Å²) in [6.07, 6.45) is 0.0555. The molecule has 1 fully saturated rings. The zero-order chi connectivity index (χ0) is 27.0. The Morgan fingerprint density at radius 2 is 1.77 bits per heavy atom. The lowest BCUT2D eigenvalue weighted by Gasteiger charge is -2.23. The van der Waals surface area contributed by atoms with Crippen molar-refractivity contribution in [2.24, 2.45) is 4.99 Å². The number of nitrogens with zero attached hydrogens (tertiary/aromatic N) is 2. The van der Waals surface area contributed by atoms with Crippen LogP contribution in [0.2, 0.25) is 0 Å². The summed E-state index contributed by atoms with van der Waals surface area (Å²) in [5.41, 5.74) is 2.33. The van der Waals surface area contributed by atoms with E-state index in [1.165, 1.54) is 5.56 Å². The standard InChI is InChI=1S/C31H34N2O6/c1-36-25-8-10-26(11-9-25)37-16-14-30(34)32-27(21-33-15-13-24(20-33)22-5-3-2-4-6-22)31(35)23-7-12-28-29(19-23)39-18-17-38-28/h2-12,19,24,31,35H,13-18,20-21H2,1H3/b32-27+/t24-,31+/m0/s1. The van der Waals surface area contributed by atoms with Crippen LogP contribution in [0.15, 0.2) is 77.8 Å². The number of rotatable bonds is 10. The first-order chi connectivity index (χ1) is 19.1. The molecule has 0 radical (unpaired) electrons. The molecule has 0 aliphatic carbocycles. The van der Waals surface area contributed by atoms with Crippen molar-refractivity contribution in [1.29, 1.82) is 0 Å². The molecule has 2 heterocycles. The second kappa shape index (κ2) is 12.8. The van der Waals surface area contributed by atoms with Crippen LogP contribution < -0.4 is 18.9 Å². The van der Waals surface area contributed by atoms with E-state index in [1.807, 2.05) is 6.07 Å². The predicted octanol–water partition coefficient (Wildman–Crippen LogP) is 4.43. The van der Waals surface area contributed by atoms with Gasteiger partial charge in [0.2, 0.25) is 5.91 Å². The van der Waals surface area contributed by atoms with Crippen molar-refractivity contribution in [3.05, 3.63) is 83.9 Å². The lowest BCUT2D eigenvalue weighted by atomic mass is 9.99. The number of carbonyl (C=O) groups is 1. The van der Waals surface area contributed by atoms with Crippen LogP contribution in [0, 0.1) is 0 Å². The van der Waals surface area contributed by atoms with E-state index in [-0.39, 0.29) is 18.9 Å². The maximum Gasteiger partial charge on any atom is 0.249 e. The molecule has 2 aliphatic rings. The molecular formula is C31H34N2O6. The number of hydrogen-bond donors (Lipinski definition) is 1. The van der Waals surface area contributed by atoms with Gasteiger partial charge in [0, 0.05) is 13.1 Å². The maximum atomic E-state index is 12.9.